The highest BCUT2D eigenvalue weighted by molar-refractivity contribution is 5.71. The standard InChI is InChI=1S/C19H23N7/c1-15(23-17-6-5-16-19(24-17)22-9-8-20-16)14-25-10-12-26(13-11-25)18-4-2-3-7-21-18/h2-9,15H,10-14H2,1H3,(H,22,23,24). The first-order chi connectivity index (χ1) is 12.8. The summed E-state index contributed by atoms with van der Waals surface area (Å²) in [4.78, 5) is 22.3. The smallest absolute Gasteiger partial charge is 0.180 e. The van der Waals surface area contributed by atoms with E-state index >= 15 is 0 Å². The lowest BCUT2D eigenvalue weighted by molar-refractivity contribution is 0.250. The Morgan fingerprint density at radius 1 is 0.962 bits per heavy atom. The maximum Gasteiger partial charge on any atom is 0.180 e. The molecule has 0 saturated carbocycles. The molecule has 3 aromatic rings. The number of rotatable bonds is 5. The fraction of sp³-hybridized carbons (Fsp3) is 0.368. The third kappa shape index (κ3) is 3.88. The van der Waals surface area contributed by atoms with Crippen molar-refractivity contribution in [1.29, 1.82) is 0 Å². The van der Waals surface area contributed by atoms with Gasteiger partial charge in [-0.15, -0.1) is 0 Å². The van der Waals surface area contributed by atoms with Crippen LogP contribution in [0, 0.1) is 0 Å². The number of hydrogen-bond donors (Lipinski definition) is 1. The molecule has 0 aromatic carbocycles. The maximum atomic E-state index is 4.54. The van der Waals surface area contributed by atoms with Crippen LogP contribution >= 0.6 is 0 Å². The normalized spacial score (nSPS) is 16.6. The summed E-state index contributed by atoms with van der Waals surface area (Å²) in [6, 6.07) is 10.3. The summed E-state index contributed by atoms with van der Waals surface area (Å²) in [6.07, 6.45) is 5.21. The Labute approximate surface area is 153 Å². The molecule has 26 heavy (non-hydrogen) atoms. The van der Waals surface area contributed by atoms with E-state index in [-0.39, 0.29) is 0 Å². The molecule has 4 rings (SSSR count). The average Bonchev–Trinajstić information content (AvgIpc) is 2.69. The lowest BCUT2D eigenvalue weighted by Crippen LogP contribution is -2.49. The van der Waals surface area contributed by atoms with E-state index in [4.69, 9.17) is 0 Å². The number of anilines is 2. The molecule has 1 unspecified atom stereocenters. The summed E-state index contributed by atoms with van der Waals surface area (Å²) in [5.41, 5.74) is 1.49. The number of nitrogens with one attached hydrogen (secondary N) is 1. The molecule has 3 aromatic heterocycles. The Balaban J connectivity index is 1.30. The van der Waals surface area contributed by atoms with Gasteiger partial charge in [0.2, 0.25) is 0 Å². The molecule has 0 spiro atoms. The van der Waals surface area contributed by atoms with E-state index in [1.54, 1.807) is 12.4 Å². The van der Waals surface area contributed by atoms with E-state index < -0.39 is 0 Å². The topological polar surface area (TPSA) is 70.1 Å². The number of piperazine rings is 1. The average molecular weight is 349 g/mol. The van der Waals surface area contributed by atoms with Crippen LogP contribution in [0.5, 0.6) is 0 Å². The predicted octanol–water partition coefficient (Wildman–Crippen LogP) is 2.04. The first kappa shape index (κ1) is 16.7. The lowest BCUT2D eigenvalue weighted by atomic mass is 10.2. The molecule has 1 aliphatic heterocycles. The van der Waals surface area contributed by atoms with Crippen molar-refractivity contribution in [3.05, 3.63) is 48.9 Å². The van der Waals surface area contributed by atoms with Gasteiger partial charge in [-0.2, -0.15) is 0 Å². The van der Waals surface area contributed by atoms with Gasteiger partial charge in [0.15, 0.2) is 5.65 Å². The highest BCUT2D eigenvalue weighted by atomic mass is 15.3. The molecule has 1 N–H and O–H groups in total. The maximum absolute atomic E-state index is 4.54. The summed E-state index contributed by atoms with van der Waals surface area (Å²) >= 11 is 0. The number of hydrogen-bond acceptors (Lipinski definition) is 7. The zero-order valence-electron chi connectivity index (χ0n) is 14.9. The molecule has 1 atom stereocenters. The van der Waals surface area contributed by atoms with E-state index in [1.165, 1.54) is 0 Å². The molecular formula is C19H23N7. The molecule has 1 fully saturated rings. The van der Waals surface area contributed by atoms with E-state index in [0.717, 1.165) is 49.9 Å². The molecule has 0 aliphatic carbocycles. The summed E-state index contributed by atoms with van der Waals surface area (Å²) in [5.74, 6) is 1.91. The molecular weight excluding hydrogens is 326 g/mol. The number of pyridine rings is 2. The third-order valence-electron chi connectivity index (χ3n) is 4.60. The highest BCUT2D eigenvalue weighted by Crippen LogP contribution is 2.14. The molecule has 0 radical (unpaired) electrons. The Morgan fingerprint density at radius 2 is 1.81 bits per heavy atom. The summed E-state index contributed by atoms with van der Waals surface area (Å²) in [5, 5.41) is 3.48. The van der Waals surface area contributed by atoms with Crippen molar-refractivity contribution < 1.29 is 0 Å². The number of aromatic nitrogens is 4. The molecule has 4 heterocycles. The number of nitrogens with zero attached hydrogens (tertiary/aromatic N) is 6. The lowest BCUT2D eigenvalue weighted by Gasteiger charge is -2.36. The van der Waals surface area contributed by atoms with Crippen LogP contribution < -0.4 is 10.2 Å². The molecule has 1 aliphatic rings. The summed E-state index contributed by atoms with van der Waals surface area (Å²) < 4.78 is 0. The van der Waals surface area contributed by atoms with Crippen molar-refractivity contribution in [2.75, 3.05) is 42.9 Å². The van der Waals surface area contributed by atoms with E-state index in [1.807, 2.05) is 30.5 Å². The zero-order valence-corrected chi connectivity index (χ0v) is 14.9. The van der Waals surface area contributed by atoms with Gasteiger partial charge >= 0.3 is 0 Å². The van der Waals surface area contributed by atoms with Crippen LogP contribution in [-0.2, 0) is 0 Å². The second kappa shape index (κ2) is 7.61. The SMILES string of the molecule is CC(CN1CCN(c2ccccn2)CC1)Nc1ccc2nccnc2n1. The third-order valence-corrected chi connectivity index (χ3v) is 4.60. The van der Waals surface area contributed by atoms with Crippen LogP contribution in [0.4, 0.5) is 11.6 Å². The van der Waals surface area contributed by atoms with Crippen molar-refractivity contribution >= 4 is 22.8 Å². The van der Waals surface area contributed by atoms with Crippen molar-refractivity contribution in [1.82, 2.24) is 24.8 Å². The van der Waals surface area contributed by atoms with Gasteiger partial charge < -0.3 is 10.2 Å². The fourth-order valence-corrected chi connectivity index (χ4v) is 3.32. The van der Waals surface area contributed by atoms with Gasteiger partial charge in [0, 0.05) is 57.4 Å². The van der Waals surface area contributed by atoms with Crippen molar-refractivity contribution in [3.63, 3.8) is 0 Å². The minimum absolute atomic E-state index is 0.304. The quantitative estimate of drug-likeness (QED) is 0.756. The first-order valence-electron chi connectivity index (χ1n) is 9.00. The van der Waals surface area contributed by atoms with E-state index in [0.29, 0.717) is 11.7 Å². The largest absolute Gasteiger partial charge is 0.366 e. The Kier molecular flexibility index (Phi) is 4.88. The first-order valence-corrected chi connectivity index (χ1v) is 9.00. The molecule has 7 heteroatoms. The van der Waals surface area contributed by atoms with Gasteiger partial charge in [0.1, 0.15) is 17.2 Å². The van der Waals surface area contributed by atoms with Gasteiger partial charge in [0.25, 0.3) is 0 Å². The Hall–Kier alpha value is -2.80. The van der Waals surface area contributed by atoms with Crippen LogP contribution in [0.15, 0.2) is 48.9 Å². The molecule has 7 nitrogen and oxygen atoms in total. The van der Waals surface area contributed by atoms with Gasteiger partial charge in [-0.25, -0.2) is 15.0 Å². The molecule has 0 amide bonds. The minimum atomic E-state index is 0.304. The van der Waals surface area contributed by atoms with Crippen LogP contribution in [0.3, 0.4) is 0 Å². The zero-order chi connectivity index (χ0) is 17.8. The molecule has 0 bridgehead atoms. The summed E-state index contributed by atoms with van der Waals surface area (Å²) in [7, 11) is 0. The second-order valence-corrected chi connectivity index (χ2v) is 6.62. The van der Waals surface area contributed by atoms with Crippen molar-refractivity contribution in [2.45, 2.75) is 13.0 Å². The molecule has 134 valence electrons. The predicted molar refractivity (Wildman–Crippen MR) is 103 cm³/mol. The van der Waals surface area contributed by atoms with Gasteiger partial charge in [0.05, 0.1) is 0 Å². The van der Waals surface area contributed by atoms with Crippen LogP contribution in [0.25, 0.3) is 11.2 Å². The number of fused-ring (bicyclic) bond motifs is 1. The van der Waals surface area contributed by atoms with Gasteiger partial charge in [-0.3, -0.25) is 9.88 Å². The van der Waals surface area contributed by atoms with Crippen LogP contribution in [0.2, 0.25) is 0 Å². The second-order valence-electron chi connectivity index (χ2n) is 6.62. The van der Waals surface area contributed by atoms with Crippen molar-refractivity contribution in [2.24, 2.45) is 0 Å². The van der Waals surface area contributed by atoms with Gasteiger partial charge in [-0.1, -0.05) is 6.07 Å². The fourth-order valence-electron chi connectivity index (χ4n) is 3.32. The Bertz CT molecular complexity index is 847. The Morgan fingerprint density at radius 3 is 2.62 bits per heavy atom. The highest BCUT2D eigenvalue weighted by Gasteiger charge is 2.19. The van der Waals surface area contributed by atoms with E-state index in [9.17, 15) is 0 Å². The monoisotopic (exact) mass is 349 g/mol. The van der Waals surface area contributed by atoms with E-state index in [2.05, 4.69) is 48.0 Å². The van der Waals surface area contributed by atoms with Crippen LogP contribution in [0.1, 0.15) is 6.92 Å². The van der Waals surface area contributed by atoms with Gasteiger partial charge in [-0.05, 0) is 31.2 Å². The van der Waals surface area contributed by atoms with Crippen molar-refractivity contribution in [3.8, 4) is 0 Å². The summed E-state index contributed by atoms with van der Waals surface area (Å²) in [6.45, 7) is 7.27. The van der Waals surface area contributed by atoms with Crippen LogP contribution in [-0.4, -0.2) is 63.6 Å². The minimum Gasteiger partial charge on any atom is -0.366 e. The molecule has 1 saturated heterocycles.